The van der Waals surface area contributed by atoms with Crippen LogP contribution < -0.4 is 5.32 Å². The SMILES string of the molecule is CC(C)c1csc(C(C)(NC2CC2)C2CCCCC2)n1. The number of rotatable bonds is 5. The highest BCUT2D eigenvalue weighted by Gasteiger charge is 2.42. The van der Waals surface area contributed by atoms with Crippen molar-refractivity contribution in [2.24, 2.45) is 5.92 Å². The van der Waals surface area contributed by atoms with E-state index in [1.54, 1.807) is 0 Å². The smallest absolute Gasteiger partial charge is 0.113 e. The molecule has 2 aliphatic carbocycles. The van der Waals surface area contributed by atoms with E-state index in [0.29, 0.717) is 5.92 Å². The molecular weight excluding hydrogens is 264 g/mol. The predicted molar refractivity (Wildman–Crippen MR) is 86.3 cm³/mol. The van der Waals surface area contributed by atoms with Gasteiger partial charge in [0.15, 0.2) is 0 Å². The summed E-state index contributed by atoms with van der Waals surface area (Å²) < 4.78 is 0. The first kappa shape index (κ1) is 14.5. The van der Waals surface area contributed by atoms with Crippen LogP contribution in [0, 0.1) is 5.92 Å². The van der Waals surface area contributed by atoms with E-state index in [-0.39, 0.29) is 5.54 Å². The Bertz CT molecular complexity index is 444. The Morgan fingerprint density at radius 3 is 2.45 bits per heavy atom. The summed E-state index contributed by atoms with van der Waals surface area (Å²) in [6.07, 6.45) is 9.66. The van der Waals surface area contributed by atoms with Gasteiger partial charge in [-0.05, 0) is 44.4 Å². The summed E-state index contributed by atoms with van der Waals surface area (Å²) in [6, 6.07) is 0.744. The molecule has 1 N–H and O–H groups in total. The van der Waals surface area contributed by atoms with Crippen LogP contribution >= 0.6 is 11.3 Å². The molecule has 0 spiro atoms. The second-order valence-electron chi connectivity index (χ2n) is 7.19. The molecule has 3 heteroatoms. The molecule has 2 fully saturated rings. The third-order valence-electron chi connectivity index (χ3n) is 5.06. The molecule has 0 aromatic carbocycles. The van der Waals surface area contributed by atoms with Crippen LogP contribution in [-0.4, -0.2) is 11.0 Å². The number of hydrogen-bond donors (Lipinski definition) is 1. The van der Waals surface area contributed by atoms with Crippen molar-refractivity contribution in [1.82, 2.24) is 10.3 Å². The lowest BCUT2D eigenvalue weighted by Crippen LogP contribution is -2.47. The van der Waals surface area contributed by atoms with Gasteiger partial charge in [0.25, 0.3) is 0 Å². The van der Waals surface area contributed by atoms with Crippen molar-refractivity contribution in [3.63, 3.8) is 0 Å². The average molecular weight is 292 g/mol. The van der Waals surface area contributed by atoms with Gasteiger partial charge >= 0.3 is 0 Å². The number of thiazole rings is 1. The fourth-order valence-corrected chi connectivity index (χ4v) is 4.66. The molecule has 3 rings (SSSR count). The number of hydrogen-bond acceptors (Lipinski definition) is 3. The molecule has 0 bridgehead atoms. The molecule has 20 heavy (non-hydrogen) atoms. The van der Waals surface area contributed by atoms with Crippen molar-refractivity contribution in [1.29, 1.82) is 0 Å². The summed E-state index contributed by atoms with van der Waals surface area (Å²) in [4.78, 5) is 4.99. The summed E-state index contributed by atoms with van der Waals surface area (Å²) in [7, 11) is 0. The normalized spacial score (nSPS) is 24.0. The van der Waals surface area contributed by atoms with Crippen molar-refractivity contribution in [3.05, 3.63) is 16.1 Å². The molecule has 0 saturated heterocycles. The minimum absolute atomic E-state index is 0.111. The van der Waals surface area contributed by atoms with Crippen molar-refractivity contribution in [3.8, 4) is 0 Å². The first-order valence-electron chi connectivity index (χ1n) is 8.33. The highest BCUT2D eigenvalue weighted by Crippen LogP contribution is 2.42. The Morgan fingerprint density at radius 2 is 1.90 bits per heavy atom. The van der Waals surface area contributed by atoms with Gasteiger partial charge in [-0.3, -0.25) is 0 Å². The highest BCUT2D eigenvalue weighted by molar-refractivity contribution is 7.09. The standard InChI is InChI=1S/C17H28N2S/c1-12(2)15-11-20-16(18-15)17(3,19-14-9-10-14)13-7-5-4-6-8-13/h11-14,19H,4-10H2,1-3H3. The van der Waals surface area contributed by atoms with Gasteiger partial charge in [0.05, 0.1) is 11.2 Å². The van der Waals surface area contributed by atoms with E-state index in [9.17, 15) is 0 Å². The van der Waals surface area contributed by atoms with Gasteiger partial charge in [-0.25, -0.2) is 4.98 Å². The van der Waals surface area contributed by atoms with E-state index in [4.69, 9.17) is 4.98 Å². The van der Waals surface area contributed by atoms with Gasteiger partial charge < -0.3 is 5.32 Å². The molecule has 0 aliphatic heterocycles. The van der Waals surface area contributed by atoms with Crippen LogP contribution in [0.5, 0.6) is 0 Å². The molecule has 0 radical (unpaired) electrons. The summed E-state index contributed by atoms with van der Waals surface area (Å²) in [5.41, 5.74) is 1.38. The minimum atomic E-state index is 0.111. The molecule has 112 valence electrons. The van der Waals surface area contributed by atoms with Crippen molar-refractivity contribution in [2.75, 3.05) is 0 Å². The Labute approximate surface area is 127 Å². The summed E-state index contributed by atoms with van der Waals surface area (Å²) in [5, 5.41) is 7.56. The van der Waals surface area contributed by atoms with E-state index in [2.05, 4.69) is 31.5 Å². The van der Waals surface area contributed by atoms with E-state index < -0.39 is 0 Å². The average Bonchev–Trinajstić information content (AvgIpc) is 3.10. The van der Waals surface area contributed by atoms with Crippen LogP contribution in [0.1, 0.15) is 82.3 Å². The van der Waals surface area contributed by atoms with E-state index in [1.807, 2.05) is 11.3 Å². The third-order valence-corrected chi connectivity index (χ3v) is 6.16. The lowest BCUT2D eigenvalue weighted by Gasteiger charge is -2.39. The summed E-state index contributed by atoms with van der Waals surface area (Å²) in [5.74, 6) is 1.31. The zero-order valence-electron chi connectivity index (χ0n) is 13.1. The number of nitrogens with zero attached hydrogens (tertiary/aromatic N) is 1. The van der Waals surface area contributed by atoms with Crippen molar-refractivity contribution < 1.29 is 0 Å². The monoisotopic (exact) mass is 292 g/mol. The topological polar surface area (TPSA) is 24.9 Å². The predicted octanol–water partition coefficient (Wildman–Crippen LogP) is 4.81. The first-order valence-corrected chi connectivity index (χ1v) is 9.21. The number of aromatic nitrogens is 1. The van der Waals surface area contributed by atoms with Crippen molar-refractivity contribution in [2.45, 2.75) is 83.2 Å². The van der Waals surface area contributed by atoms with Gasteiger partial charge in [0.1, 0.15) is 5.01 Å². The second kappa shape index (κ2) is 5.76. The minimum Gasteiger partial charge on any atom is -0.303 e. The zero-order valence-corrected chi connectivity index (χ0v) is 13.9. The van der Waals surface area contributed by atoms with Crippen LogP contribution in [0.15, 0.2) is 5.38 Å². The molecule has 2 nitrogen and oxygen atoms in total. The summed E-state index contributed by atoms with van der Waals surface area (Å²) in [6.45, 7) is 6.90. The molecule has 1 atom stereocenters. The maximum atomic E-state index is 4.99. The van der Waals surface area contributed by atoms with Crippen LogP contribution in [0.2, 0.25) is 0 Å². The maximum absolute atomic E-state index is 4.99. The molecule has 1 aromatic rings. The van der Waals surface area contributed by atoms with Gasteiger partial charge in [-0.2, -0.15) is 0 Å². The fraction of sp³-hybridized carbons (Fsp3) is 0.824. The lowest BCUT2D eigenvalue weighted by atomic mass is 9.75. The quantitative estimate of drug-likeness (QED) is 0.842. The van der Waals surface area contributed by atoms with Crippen LogP contribution in [0.3, 0.4) is 0 Å². The van der Waals surface area contributed by atoms with Crippen LogP contribution in [-0.2, 0) is 5.54 Å². The molecule has 1 aromatic heterocycles. The van der Waals surface area contributed by atoms with E-state index in [1.165, 1.54) is 55.6 Å². The third kappa shape index (κ3) is 2.94. The second-order valence-corrected chi connectivity index (χ2v) is 8.05. The Kier molecular flexibility index (Phi) is 4.19. The summed E-state index contributed by atoms with van der Waals surface area (Å²) >= 11 is 1.87. The molecule has 1 unspecified atom stereocenters. The number of nitrogens with one attached hydrogen (secondary N) is 1. The first-order chi connectivity index (χ1) is 9.59. The molecular formula is C17H28N2S. The van der Waals surface area contributed by atoms with Gasteiger partial charge in [0, 0.05) is 11.4 Å². The largest absolute Gasteiger partial charge is 0.303 e. The van der Waals surface area contributed by atoms with Gasteiger partial charge in [-0.15, -0.1) is 11.3 Å². The maximum Gasteiger partial charge on any atom is 0.113 e. The van der Waals surface area contributed by atoms with Crippen LogP contribution in [0.25, 0.3) is 0 Å². The van der Waals surface area contributed by atoms with E-state index >= 15 is 0 Å². The van der Waals surface area contributed by atoms with Crippen LogP contribution in [0.4, 0.5) is 0 Å². The van der Waals surface area contributed by atoms with Gasteiger partial charge in [-0.1, -0.05) is 33.1 Å². The highest BCUT2D eigenvalue weighted by atomic mass is 32.1. The zero-order chi connectivity index (χ0) is 14.2. The molecule has 1 heterocycles. The Morgan fingerprint density at radius 1 is 1.20 bits per heavy atom. The molecule has 2 aliphatic rings. The van der Waals surface area contributed by atoms with E-state index in [0.717, 1.165) is 12.0 Å². The Balaban J connectivity index is 1.86. The lowest BCUT2D eigenvalue weighted by molar-refractivity contribution is 0.174. The Hall–Kier alpha value is -0.410. The fourth-order valence-electron chi connectivity index (χ4n) is 3.48. The molecule has 2 saturated carbocycles. The molecule has 0 amide bonds. The van der Waals surface area contributed by atoms with Crippen molar-refractivity contribution >= 4 is 11.3 Å². The van der Waals surface area contributed by atoms with Gasteiger partial charge in [0.2, 0.25) is 0 Å².